The van der Waals surface area contributed by atoms with Crippen molar-refractivity contribution in [2.24, 2.45) is 7.05 Å². The minimum absolute atomic E-state index is 0.404. The van der Waals surface area contributed by atoms with Crippen LogP contribution in [-0.2, 0) is 24.3 Å². The van der Waals surface area contributed by atoms with Crippen LogP contribution in [0.3, 0.4) is 0 Å². The monoisotopic (exact) mass is 241 g/mol. The summed E-state index contributed by atoms with van der Waals surface area (Å²) >= 11 is 0. The van der Waals surface area contributed by atoms with Crippen LogP contribution < -0.4 is 5.32 Å². The van der Waals surface area contributed by atoms with Crippen LogP contribution >= 0.6 is 0 Å². The van der Waals surface area contributed by atoms with Gasteiger partial charge < -0.3 is 5.32 Å². The van der Waals surface area contributed by atoms with Crippen LogP contribution in [0, 0.1) is 0 Å². The van der Waals surface area contributed by atoms with Gasteiger partial charge in [-0.25, -0.2) is 0 Å². The van der Waals surface area contributed by atoms with E-state index in [1.54, 1.807) is 6.26 Å². The summed E-state index contributed by atoms with van der Waals surface area (Å²) in [6.45, 7) is 0.822. The van der Waals surface area contributed by atoms with Crippen LogP contribution in [0.15, 0.2) is 6.20 Å². The molecular weight excluding hydrogens is 222 g/mol. The number of hydrogen-bond donors (Lipinski definition) is 1. The summed E-state index contributed by atoms with van der Waals surface area (Å²) in [4.78, 5) is 0. The van der Waals surface area contributed by atoms with Crippen molar-refractivity contribution in [1.82, 2.24) is 15.1 Å². The Balaban J connectivity index is 1.99. The Morgan fingerprint density at radius 2 is 2.50 bits per heavy atom. The third-order valence-corrected chi connectivity index (χ3v) is 3.93. The zero-order valence-electron chi connectivity index (χ0n) is 9.90. The topological polar surface area (TPSA) is 46.9 Å². The fraction of sp³-hybridized carbons (Fsp3) is 0.727. The second-order valence-corrected chi connectivity index (χ2v) is 5.90. The molecule has 5 heteroatoms. The molecule has 1 aromatic heterocycles. The van der Waals surface area contributed by atoms with Crippen LogP contribution in [0.5, 0.6) is 0 Å². The number of fused-ring (bicyclic) bond motifs is 1. The summed E-state index contributed by atoms with van der Waals surface area (Å²) in [6.07, 6.45) is 7.21. The number of nitrogens with zero attached hydrogens (tertiary/aromatic N) is 2. The first-order valence-corrected chi connectivity index (χ1v) is 7.45. The molecule has 1 N–H and O–H groups in total. The average molecular weight is 241 g/mol. The van der Waals surface area contributed by atoms with Gasteiger partial charge in [-0.2, -0.15) is 5.10 Å². The molecule has 1 aliphatic carbocycles. The van der Waals surface area contributed by atoms with Crippen LogP contribution in [-0.4, -0.2) is 32.5 Å². The number of nitrogens with one attached hydrogen (secondary N) is 1. The smallest absolute Gasteiger partial charge is 0.0540 e. The van der Waals surface area contributed by atoms with Crippen molar-refractivity contribution in [2.45, 2.75) is 25.3 Å². The molecule has 16 heavy (non-hydrogen) atoms. The van der Waals surface area contributed by atoms with E-state index in [4.69, 9.17) is 0 Å². The number of hydrogen-bond acceptors (Lipinski definition) is 3. The van der Waals surface area contributed by atoms with Crippen LogP contribution in [0.2, 0.25) is 0 Å². The highest BCUT2D eigenvalue weighted by Gasteiger charge is 2.22. The zero-order valence-corrected chi connectivity index (χ0v) is 10.7. The minimum atomic E-state index is -0.706. The van der Waals surface area contributed by atoms with Crippen LogP contribution in [0.25, 0.3) is 0 Å². The maximum Gasteiger partial charge on any atom is 0.0540 e. The van der Waals surface area contributed by atoms with Crippen molar-refractivity contribution in [2.75, 3.05) is 18.6 Å². The van der Waals surface area contributed by atoms with E-state index in [1.807, 2.05) is 17.9 Å². The molecule has 0 amide bonds. The Morgan fingerprint density at radius 1 is 1.69 bits per heavy atom. The lowest BCUT2D eigenvalue weighted by Gasteiger charge is -2.23. The predicted molar refractivity (Wildman–Crippen MR) is 65.8 cm³/mol. The van der Waals surface area contributed by atoms with E-state index in [0.29, 0.717) is 6.04 Å². The molecular formula is C11H19N3OS. The van der Waals surface area contributed by atoms with Gasteiger partial charge in [0.2, 0.25) is 0 Å². The number of aryl methyl sites for hydroxylation is 1. The highest BCUT2D eigenvalue weighted by atomic mass is 32.2. The van der Waals surface area contributed by atoms with E-state index in [-0.39, 0.29) is 0 Å². The summed E-state index contributed by atoms with van der Waals surface area (Å²) < 4.78 is 13.0. The maximum atomic E-state index is 11.0. The fourth-order valence-electron chi connectivity index (χ4n) is 2.30. The van der Waals surface area contributed by atoms with Crippen molar-refractivity contribution in [1.29, 1.82) is 0 Å². The van der Waals surface area contributed by atoms with Gasteiger partial charge in [-0.05, 0) is 19.3 Å². The number of rotatable bonds is 4. The van der Waals surface area contributed by atoms with Gasteiger partial charge in [-0.15, -0.1) is 0 Å². The van der Waals surface area contributed by atoms with Crippen molar-refractivity contribution in [3.63, 3.8) is 0 Å². The molecule has 90 valence electrons. The van der Waals surface area contributed by atoms with E-state index >= 15 is 0 Å². The van der Waals surface area contributed by atoms with Gasteiger partial charge in [0.15, 0.2) is 0 Å². The Morgan fingerprint density at radius 3 is 3.25 bits per heavy atom. The summed E-state index contributed by atoms with van der Waals surface area (Å²) in [7, 11) is 1.30. The van der Waals surface area contributed by atoms with E-state index in [0.717, 1.165) is 25.1 Å². The molecule has 2 atom stereocenters. The highest BCUT2D eigenvalue weighted by molar-refractivity contribution is 7.84. The van der Waals surface area contributed by atoms with E-state index < -0.39 is 10.8 Å². The summed E-state index contributed by atoms with van der Waals surface area (Å²) in [6, 6.07) is 0.404. The highest BCUT2D eigenvalue weighted by Crippen LogP contribution is 2.28. The van der Waals surface area contributed by atoms with Gasteiger partial charge in [-0.3, -0.25) is 8.89 Å². The van der Waals surface area contributed by atoms with Crippen molar-refractivity contribution in [3.05, 3.63) is 17.5 Å². The van der Waals surface area contributed by atoms with E-state index in [9.17, 15) is 4.21 Å². The van der Waals surface area contributed by atoms with Crippen molar-refractivity contribution in [3.8, 4) is 0 Å². The summed E-state index contributed by atoms with van der Waals surface area (Å²) in [5.74, 6) is 0.728. The van der Waals surface area contributed by atoms with E-state index in [2.05, 4.69) is 10.4 Å². The second kappa shape index (κ2) is 5.10. The van der Waals surface area contributed by atoms with Gasteiger partial charge in [0.25, 0.3) is 0 Å². The standard InChI is InChI=1S/C11H19N3OS/c1-14-11-5-3-4-10(9(11)8-13-14)12-6-7-16(2)15/h8,10,12H,3-7H2,1-2H3. The molecule has 2 unspecified atom stereocenters. The molecule has 1 aromatic rings. The largest absolute Gasteiger partial charge is 0.309 e. The first-order chi connectivity index (χ1) is 7.68. The third-order valence-electron chi connectivity index (χ3n) is 3.16. The first kappa shape index (κ1) is 11.8. The Labute approximate surface area is 98.9 Å². The quantitative estimate of drug-likeness (QED) is 0.847. The third kappa shape index (κ3) is 2.52. The summed E-state index contributed by atoms with van der Waals surface area (Å²) in [5.41, 5.74) is 2.68. The molecule has 2 rings (SSSR count). The van der Waals surface area contributed by atoms with Gasteiger partial charge in [0.1, 0.15) is 0 Å². The Bertz CT molecular complexity index is 389. The lowest BCUT2D eigenvalue weighted by Crippen LogP contribution is -2.28. The molecule has 4 nitrogen and oxygen atoms in total. The molecule has 0 aromatic carbocycles. The Hall–Kier alpha value is -0.680. The number of aromatic nitrogens is 2. The van der Waals surface area contributed by atoms with Gasteiger partial charge in [0.05, 0.1) is 6.20 Å². The minimum Gasteiger partial charge on any atom is -0.309 e. The maximum absolute atomic E-state index is 11.0. The molecule has 0 radical (unpaired) electrons. The van der Waals surface area contributed by atoms with E-state index in [1.165, 1.54) is 17.7 Å². The Kier molecular flexibility index (Phi) is 3.76. The normalized spacial score (nSPS) is 21.8. The summed E-state index contributed by atoms with van der Waals surface area (Å²) in [5, 5.41) is 7.78. The van der Waals surface area contributed by atoms with Crippen molar-refractivity contribution >= 4 is 10.8 Å². The van der Waals surface area contributed by atoms with Gasteiger partial charge in [0, 0.05) is 53.7 Å². The first-order valence-electron chi connectivity index (χ1n) is 5.72. The van der Waals surface area contributed by atoms with Crippen LogP contribution in [0.1, 0.15) is 30.1 Å². The lowest BCUT2D eigenvalue weighted by atomic mass is 9.93. The molecule has 0 fully saturated rings. The molecule has 0 saturated heterocycles. The molecule has 0 aliphatic heterocycles. The molecule has 1 aliphatic rings. The second-order valence-electron chi connectivity index (χ2n) is 4.35. The zero-order chi connectivity index (χ0) is 11.5. The molecule has 1 heterocycles. The fourth-order valence-corrected chi connectivity index (χ4v) is 2.70. The SMILES string of the molecule is Cn1ncc2c1CCCC2NCCS(C)=O. The van der Waals surface area contributed by atoms with Gasteiger partial charge >= 0.3 is 0 Å². The van der Waals surface area contributed by atoms with Crippen LogP contribution in [0.4, 0.5) is 0 Å². The average Bonchev–Trinajstić information content (AvgIpc) is 2.61. The lowest BCUT2D eigenvalue weighted by molar-refractivity contribution is 0.464. The molecule has 0 spiro atoms. The molecule has 0 bridgehead atoms. The van der Waals surface area contributed by atoms with Gasteiger partial charge in [-0.1, -0.05) is 0 Å². The predicted octanol–water partition coefficient (Wildman–Crippen LogP) is 0.766. The molecule has 0 saturated carbocycles. The van der Waals surface area contributed by atoms with Crippen molar-refractivity contribution < 1.29 is 4.21 Å².